The number of carbonyl (C=O) groups excluding carboxylic acids is 3. The number of aromatic nitrogens is 2. The number of amides is 2. The number of ether oxygens (including phenoxy) is 1. The fraction of sp³-hybridized carbons (Fsp3) is 0.520. The number of benzene rings is 1. The molecule has 1 aliphatic heterocycles. The lowest BCUT2D eigenvalue weighted by Crippen LogP contribution is -2.65. The fourth-order valence-electron chi connectivity index (χ4n) is 4.85. The molecule has 8 nitrogen and oxygen atoms in total. The maximum absolute atomic E-state index is 14.1. The Labute approximate surface area is 198 Å². The smallest absolute Gasteiger partial charge is 0.358 e. The van der Waals surface area contributed by atoms with Gasteiger partial charge in [-0.1, -0.05) is 38.2 Å². The highest BCUT2D eigenvalue weighted by atomic mass is 19.1. The molecule has 0 unspecified atom stereocenters. The lowest BCUT2D eigenvalue weighted by atomic mass is 9.91. The summed E-state index contributed by atoms with van der Waals surface area (Å²) in [5, 5.41) is 7.41. The average Bonchev–Trinajstić information content (AvgIpc) is 3.20. The van der Waals surface area contributed by atoms with Gasteiger partial charge >= 0.3 is 5.97 Å². The predicted octanol–water partition coefficient (Wildman–Crippen LogP) is 3.85. The highest BCUT2D eigenvalue weighted by Gasteiger charge is 2.49. The van der Waals surface area contributed by atoms with E-state index in [1.54, 1.807) is 19.9 Å². The first-order valence-corrected chi connectivity index (χ1v) is 12.0. The van der Waals surface area contributed by atoms with Crippen molar-refractivity contribution < 1.29 is 23.5 Å². The molecule has 34 heavy (non-hydrogen) atoms. The molecule has 2 aliphatic rings. The molecule has 1 saturated carbocycles. The van der Waals surface area contributed by atoms with Gasteiger partial charge in [-0.2, -0.15) is 5.10 Å². The standard InChI is InChI=1S/C25H31FN4O4/c1-3-34-23(32)20-15-21-22(31)30(19-13-9-10-17(26)14-19)25(2,16-29(21)28-20)24(33)27-18-11-7-5-4-6-8-12-18/h9-10,13-15,18H,3-8,11-12,16H2,1-2H3,(H,27,33)/t25-/m1/s1. The lowest BCUT2D eigenvalue weighted by Gasteiger charge is -2.43. The van der Waals surface area contributed by atoms with Crippen LogP contribution in [0.2, 0.25) is 0 Å². The second-order valence-electron chi connectivity index (χ2n) is 9.20. The van der Waals surface area contributed by atoms with Crippen LogP contribution >= 0.6 is 0 Å². The zero-order chi connectivity index (χ0) is 24.3. The predicted molar refractivity (Wildman–Crippen MR) is 124 cm³/mol. The highest BCUT2D eigenvalue weighted by molar-refractivity contribution is 6.12. The van der Waals surface area contributed by atoms with Crippen molar-refractivity contribution in [2.24, 2.45) is 0 Å². The third kappa shape index (κ3) is 4.69. The van der Waals surface area contributed by atoms with E-state index in [4.69, 9.17) is 4.74 Å². The summed E-state index contributed by atoms with van der Waals surface area (Å²) in [6.45, 7) is 3.53. The minimum Gasteiger partial charge on any atom is -0.461 e. The van der Waals surface area contributed by atoms with Gasteiger partial charge in [-0.3, -0.25) is 19.2 Å². The number of halogens is 1. The second-order valence-corrected chi connectivity index (χ2v) is 9.20. The van der Waals surface area contributed by atoms with E-state index in [2.05, 4.69) is 10.4 Å². The van der Waals surface area contributed by atoms with Crippen molar-refractivity contribution in [3.8, 4) is 0 Å². The monoisotopic (exact) mass is 470 g/mol. The number of carbonyl (C=O) groups is 3. The first-order valence-electron chi connectivity index (χ1n) is 12.0. The molecule has 2 aromatic rings. The molecule has 1 aromatic heterocycles. The van der Waals surface area contributed by atoms with Gasteiger partial charge < -0.3 is 10.1 Å². The summed E-state index contributed by atoms with van der Waals surface area (Å²) in [5.74, 6) is -2.01. The molecule has 0 bridgehead atoms. The number of hydrogen-bond acceptors (Lipinski definition) is 5. The molecule has 0 spiro atoms. The molecule has 0 radical (unpaired) electrons. The fourth-order valence-corrected chi connectivity index (χ4v) is 4.85. The Balaban J connectivity index is 1.71. The minimum atomic E-state index is -1.38. The molecule has 182 valence electrons. The van der Waals surface area contributed by atoms with E-state index in [9.17, 15) is 18.8 Å². The van der Waals surface area contributed by atoms with Crippen LogP contribution in [0, 0.1) is 5.82 Å². The first kappa shape index (κ1) is 23.9. The molecule has 1 fully saturated rings. The Morgan fingerprint density at radius 3 is 2.56 bits per heavy atom. The molecule has 1 atom stereocenters. The quantitative estimate of drug-likeness (QED) is 0.670. The van der Waals surface area contributed by atoms with Gasteiger partial charge in [0.2, 0.25) is 5.91 Å². The number of nitrogens with one attached hydrogen (secondary N) is 1. The van der Waals surface area contributed by atoms with Crippen molar-refractivity contribution in [1.82, 2.24) is 15.1 Å². The maximum Gasteiger partial charge on any atom is 0.358 e. The van der Waals surface area contributed by atoms with E-state index in [0.717, 1.165) is 38.5 Å². The van der Waals surface area contributed by atoms with Gasteiger partial charge in [-0.25, -0.2) is 9.18 Å². The van der Waals surface area contributed by atoms with Crippen LogP contribution < -0.4 is 10.2 Å². The van der Waals surface area contributed by atoms with Gasteiger partial charge in [0.15, 0.2) is 5.69 Å². The zero-order valence-corrected chi connectivity index (χ0v) is 19.7. The van der Waals surface area contributed by atoms with E-state index in [0.29, 0.717) is 0 Å². The van der Waals surface area contributed by atoms with Crippen molar-refractivity contribution in [3.63, 3.8) is 0 Å². The third-order valence-corrected chi connectivity index (χ3v) is 6.63. The molecule has 1 aromatic carbocycles. The summed E-state index contributed by atoms with van der Waals surface area (Å²) in [7, 11) is 0. The molecule has 1 aliphatic carbocycles. The van der Waals surface area contributed by atoms with Crippen LogP contribution in [-0.4, -0.2) is 45.8 Å². The van der Waals surface area contributed by atoms with E-state index in [1.165, 1.54) is 40.3 Å². The number of hydrogen-bond donors (Lipinski definition) is 1. The third-order valence-electron chi connectivity index (χ3n) is 6.63. The van der Waals surface area contributed by atoms with Gasteiger partial charge in [-0.05, 0) is 44.9 Å². The second kappa shape index (κ2) is 9.95. The van der Waals surface area contributed by atoms with Crippen LogP contribution in [0.4, 0.5) is 10.1 Å². The van der Waals surface area contributed by atoms with Crippen LogP contribution in [0.3, 0.4) is 0 Å². The highest BCUT2D eigenvalue weighted by Crippen LogP contribution is 2.33. The Kier molecular flexibility index (Phi) is 7.00. The van der Waals surface area contributed by atoms with Crippen LogP contribution in [0.25, 0.3) is 0 Å². The molecular weight excluding hydrogens is 439 g/mol. The zero-order valence-electron chi connectivity index (χ0n) is 19.7. The van der Waals surface area contributed by atoms with Crippen molar-refractivity contribution in [2.45, 2.75) is 76.9 Å². The minimum absolute atomic E-state index is 0.00549. The van der Waals surface area contributed by atoms with E-state index >= 15 is 0 Å². The Bertz CT molecular complexity index is 1080. The number of nitrogens with zero attached hydrogens (tertiary/aromatic N) is 3. The van der Waals surface area contributed by atoms with Crippen molar-refractivity contribution in [3.05, 3.63) is 47.5 Å². The first-order chi connectivity index (χ1) is 16.3. The van der Waals surface area contributed by atoms with Crippen molar-refractivity contribution in [1.29, 1.82) is 0 Å². The van der Waals surface area contributed by atoms with E-state index in [-0.39, 0.29) is 42.2 Å². The summed E-state index contributed by atoms with van der Waals surface area (Å²) in [6.07, 6.45) is 7.35. The van der Waals surface area contributed by atoms with Crippen LogP contribution in [0.1, 0.15) is 79.8 Å². The van der Waals surface area contributed by atoms with Crippen molar-refractivity contribution >= 4 is 23.5 Å². The summed E-state index contributed by atoms with van der Waals surface area (Å²) >= 11 is 0. The van der Waals surface area contributed by atoms with E-state index in [1.807, 2.05) is 0 Å². The van der Waals surface area contributed by atoms with Gasteiger partial charge in [0.05, 0.1) is 13.2 Å². The molecule has 2 heterocycles. The Hall–Kier alpha value is -3.23. The van der Waals surface area contributed by atoms with Gasteiger partial charge in [-0.15, -0.1) is 0 Å². The largest absolute Gasteiger partial charge is 0.461 e. The van der Waals surface area contributed by atoms with Gasteiger partial charge in [0.1, 0.15) is 17.1 Å². The van der Waals surface area contributed by atoms with E-state index < -0.39 is 23.2 Å². The molecule has 1 N–H and O–H groups in total. The normalized spacial score (nSPS) is 21.4. The molecule has 4 rings (SSSR count). The number of esters is 1. The number of rotatable bonds is 5. The van der Waals surface area contributed by atoms with Crippen LogP contribution in [0.15, 0.2) is 30.3 Å². The van der Waals surface area contributed by atoms with Crippen LogP contribution in [-0.2, 0) is 16.1 Å². The molecular formula is C25H31FN4O4. The molecule has 9 heteroatoms. The lowest BCUT2D eigenvalue weighted by molar-refractivity contribution is -0.127. The maximum atomic E-state index is 14.1. The Morgan fingerprint density at radius 1 is 1.18 bits per heavy atom. The summed E-state index contributed by atoms with van der Waals surface area (Å²) in [5.41, 5.74) is -0.971. The van der Waals surface area contributed by atoms with Crippen LogP contribution in [0.5, 0.6) is 0 Å². The number of anilines is 1. The summed E-state index contributed by atoms with van der Waals surface area (Å²) < 4.78 is 20.5. The summed E-state index contributed by atoms with van der Waals surface area (Å²) in [6, 6.07) is 6.99. The topological polar surface area (TPSA) is 93.5 Å². The summed E-state index contributed by atoms with van der Waals surface area (Å²) in [4.78, 5) is 40.9. The van der Waals surface area contributed by atoms with Crippen molar-refractivity contribution in [2.75, 3.05) is 11.5 Å². The Morgan fingerprint density at radius 2 is 1.88 bits per heavy atom. The van der Waals surface area contributed by atoms with Gasteiger partial charge in [0, 0.05) is 17.8 Å². The molecule has 2 amide bonds. The SMILES string of the molecule is CCOC(=O)c1cc2n(n1)C[C@](C)(C(=O)NC1CCCCCCC1)N(c1cccc(F)c1)C2=O. The average molecular weight is 471 g/mol. The molecule has 0 saturated heterocycles. The van der Waals surface area contributed by atoms with Gasteiger partial charge in [0.25, 0.3) is 5.91 Å². The number of fused-ring (bicyclic) bond motifs is 1.